The van der Waals surface area contributed by atoms with Crippen molar-refractivity contribution in [3.8, 4) is 0 Å². The number of amides is 1. The van der Waals surface area contributed by atoms with Gasteiger partial charge in [0.2, 0.25) is 15.9 Å². The number of carbonyl (C=O) groups excluding carboxylic acids is 1. The van der Waals surface area contributed by atoms with Gasteiger partial charge >= 0.3 is 0 Å². The minimum atomic E-state index is -3.61. The second kappa shape index (κ2) is 6.88. The molecule has 9 heteroatoms. The van der Waals surface area contributed by atoms with Gasteiger partial charge < -0.3 is 9.84 Å². The van der Waals surface area contributed by atoms with Crippen LogP contribution in [-0.2, 0) is 10.0 Å². The Kier molecular flexibility index (Phi) is 5.12. The third-order valence-electron chi connectivity index (χ3n) is 3.00. The van der Waals surface area contributed by atoms with Crippen LogP contribution in [0, 0.1) is 6.92 Å². The van der Waals surface area contributed by atoms with Gasteiger partial charge in [-0.25, -0.2) is 13.1 Å². The number of carbonyl (C=O) groups is 1. The van der Waals surface area contributed by atoms with Crippen molar-refractivity contribution in [1.29, 1.82) is 0 Å². The van der Waals surface area contributed by atoms with E-state index in [1.807, 2.05) is 0 Å². The Balaban J connectivity index is 2.17. The predicted molar refractivity (Wildman–Crippen MR) is 82.2 cm³/mol. The Morgan fingerprint density at radius 1 is 1.39 bits per heavy atom. The highest BCUT2D eigenvalue weighted by Gasteiger charge is 2.19. The SMILES string of the molecule is CCNS(=O)(=O)c1cccc(C(=O)N[C@H](C)c2nc(C)no2)c1. The van der Waals surface area contributed by atoms with E-state index >= 15 is 0 Å². The Hall–Kier alpha value is -2.26. The molecule has 1 aromatic carbocycles. The molecule has 0 radical (unpaired) electrons. The van der Waals surface area contributed by atoms with Gasteiger partial charge in [-0.15, -0.1) is 0 Å². The van der Waals surface area contributed by atoms with Crippen molar-refractivity contribution in [1.82, 2.24) is 20.2 Å². The second-order valence-electron chi connectivity index (χ2n) is 4.90. The normalized spacial score (nSPS) is 12.8. The van der Waals surface area contributed by atoms with E-state index in [1.54, 1.807) is 20.8 Å². The summed E-state index contributed by atoms with van der Waals surface area (Å²) in [6, 6.07) is 5.31. The summed E-state index contributed by atoms with van der Waals surface area (Å²) in [6.45, 7) is 5.33. The Labute approximate surface area is 134 Å². The lowest BCUT2D eigenvalue weighted by molar-refractivity contribution is 0.0932. The summed E-state index contributed by atoms with van der Waals surface area (Å²) >= 11 is 0. The number of hydrogen-bond donors (Lipinski definition) is 2. The summed E-state index contributed by atoms with van der Waals surface area (Å²) in [6.07, 6.45) is 0. The number of benzene rings is 1. The Morgan fingerprint density at radius 2 is 2.13 bits per heavy atom. The van der Waals surface area contributed by atoms with Crippen molar-refractivity contribution < 1.29 is 17.7 Å². The fraction of sp³-hybridized carbons (Fsp3) is 0.357. The third-order valence-corrected chi connectivity index (χ3v) is 4.55. The summed E-state index contributed by atoms with van der Waals surface area (Å²) < 4.78 is 31.3. The van der Waals surface area contributed by atoms with Gasteiger partial charge in [0, 0.05) is 12.1 Å². The summed E-state index contributed by atoms with van der Waals surface area (Å²) in [5.41, 5.74) is 0.229. The monoisotopic (exact) mass is 338 g/mol. The summed E-state index contributed by atoms with van der Waals surface area (Å²) in [4.78, 5) is 16.3. The Bertz CT molecular complexity index is 801. The molecule has 1 heterocycles. The molecule has 0 spiro atoms. The lowest BCUT2D eigenvalue weighted by Crippen LogP contribution is -2.27. The maximum atomic E-state index is 12.3. The number of aromatic nitrogens is 2. The molecule has 0 aliphatic heterocycles. The van der Waals surface area contributed by atoms with Crippen LogP contribution < -0.4 is 10.0 Å². The molecule has 1 aromatic heterocycles. The zero-order chi connectivity index (χ0) is 17.0. The number of nitrogens with zero attached hydrogens (tertiary/aromatic N) is 2. The first kappa shape index (κ1) is 17.1. The molecule has 8 nitrogen and oxygen atoms in total. The standard InChI is InChI=1S/C14H18N4O4S/c1-4-15-23(20,21)12-7-5-6-11(8-12)13(19)16-9(2)14-17-10(3)18-22-14/h5-9,15H,4H2,1-3H3,(H,16,19)/t9-/m1/s1. The van der Waals surface area contributed by atoms with Crippen molar-refractivity contribution in [3.05, 3.63) is 41.5 Å². The number of sulfonamides is 1. The molecule has 0 bridgehead atoms. The largest absolute Gasteiger partial charge is 0.341 e. The van der Waals surface area contributed by atoms with Gasteiger partial charge in [-0.2, -0.15) is 4.98 Å². The lowest BCUT2D eigenvalue weighted by atomic mass is 10.2. The van der Waals surface area contributed by atoms with Crippen LogP contribution in [0.25, 0.3) is 0 Å². The first-order chi connectivity index (χ1) is 10.8. The van der Waals surface area contributed by atoms with Crippen LogP contribution in [0.4, 0.5) is 0 Å². The molecular weight excluding hydrogens is 320 g/mol. The van der Waals surface area contributed by atoms with Crippen LogP contribution in [0.2, 0.25) is 0 Å². The zero-order valence-electron chi connectivity index (χ0n) is 13.0. The van der Waals surface area contributed by atoms with Crippen molar-refractivity contribution >= 4 is 15.9 Å². The molecule has 0 aliphatic rings. The van der Waals surface area contributed by atoms with Crippen molar-refractivity contribution in [2.45, 2.75) is 31.7 Å². The summed E-state index contributed by atoms with van der Waals surface area (Å²) in [5, 5.41) is 6.35. The minimum Gasteiger partial charge on any atom is -0.341 e. The van der Waals surface area contributed by atoms with Gasteiger partial charge in [-0.05, 0) is 32.0 Å². The zero-order valence-corrected chi connectivity index (χ0v) is 13.8. The van der Waals surface area contributed by atoms with Crippen LogP contribution >= 0.6 is 0 Å². The number of rotatable bonds is 6. The van der Waals surface area contributed by atoms with Crippen LogP contribution in [0.3, 0.4) is 0 Å². The van der Waals surface area contributed by atoms with E-state index in [2.05, 4.69) is 20.2 Å². The molecule has 124 valence electrons. The van der Waals surface area contributed by atoms with Crippen molar-refractivity contribution in [2.75, 3.05) is 6.54 Å². The van der Waals surface area contributed by atoms with Crippen molar-refractivity contribution in [2.24, 2.45) is 0 Å². The van der Waals surface area contributed by atoms with Gasteiger partial charge in [0.05, 0.1) is 4.90 Å². The van der Waals surface area contributed by atoms with E-state index < -0.39 is 22.0 Å². The first-order valence-corrected chi connectivity index (χ1v) is 8.52. The van der Waals surface area contributed by atoms with Crippen LogP contribution in [0.1, 0.15) is 42.0 Å². The van der Waals surface area contributed by atoms with E-state index in [9.17, 15) is 13.2 Å². The van der Waals surface area contributed by atoms with Gasteiger partial charge in [0.15, 0.2) is 5.82 Å². The summed E-state index contributed by atoms with van der Waals surface area (Å²) in [5.74, 6) is 0.328. The highest BCUT2D eigenvalue weighted by Crippen LogP contribution is 2.14. The van der Waals surface area contributed by atoms with Gasteiger partial charge in [-0.1, -0.05) is 18.1 Å². The molecular formula is C14H18N4O4S. The maximum Gasteiger partial charge on any atom is 0.251 e. The highest BCUT2D eigenvalue weighted by molar-refractivity contribution is 7.89. The van der Waals surface area contributed by atoms with Crippen molar-refractivity contribution in [3.63, 3.8) is 0 Å². The van der Waals surface area contributed by atoms with Gasteiger partial charge in [0.1, 0.15) is 6.04 Å². The number of hydrogen-bond acceptors (Lipinski definition) is 6. The smallest absolute Gasteiger partial charge is 0.251 e. The fourth-order valence-electron chi connectivity index (χ4n) is 1.91. The number of nitrogens with one attached hydrogen (secondary N) is 2. The topological polar surface area (TPSA) is 114 Å². The van der Waals surface area contributed by atoms with Gasteiger partial charge in [0.25, 0.3) is 5.91 Å². The molecule has 2 N–H and O–H groups in total. The fourth-order valence-corrected chi connectivity index (χ4v) is 3.00. The number of aryl methyl sites for hydroxylation is 1. The van der Waals surface area contributed by atoms with Crippen LogP contribution in [0.5, 0.6) is 0 Å². The van der Waals surface area contributed by atoms with E-state index in [4.69, 9.17) is 4.52 Å². The summed E-state index contributed by atoms with van der Waals surface area (Å²) in [7, 11) is -3.61. The van der Waals surface area contributed by atoms with E-state index in [-0.39, 0.29) is 22.9 Å². The molecule has 2 rings (SSSR count). The third kappa shape index (κ3) is 4.14. The van der Waals surface area contributed by atoms with E-state index in [0.717, 1.165) is 0 Å². The maximum absolute atomic E-state index is 12.3. The average molecular weight is 338 g/mol. The van der Waals surface area contributed by atoms with Crippen LogP contribution in [0.15, 0.2) is 33.7 Å². The molecule has 0 aliphatic carbocycles. The second-order valence-corrected chi connectivity index (χ2v) is 6.67. The molecule has 0 saturated heterocycles. The molecule has 23 heavy (non-hydrogen) atoms. The average Bonchev–Trinajstić information content (AvgIpc) is 2.94. The van der Waals surface area contributed by atoms with E-state index in [0.29, 0.717) is 5.82 Å². The molecule has 0 fully saturated rings. The molecule has 1 atom stereocenters. The molecule has 0 unspecified atom stereocenters. The quantitative estimate of drug-likeness (QED) is 0.817. The first-order valence-electron chi connectivity index (χ1n) is 7.04. The van der Waals surface area contributed by atoms with E-state index in [1.165, 1.54) is 24.3 Å². The molecule has 2 aromatic rings. The minimum absolute atomic E-state index is 0.0355. The lowest BCUT2D eigenvalue weighted by Gasteiger charge is -2.11. The van der Waals surface area contributed by atoms with Gasteiger partial charge in [-0.3, -0.25) is 4.79 Å². The molecule has 1 amide bonds. The highest BCUT2D eigenvalue weighted by atomic mass is 32.2. The Morgan fingerprint density at radius 3 is 2.74 bits per heavy atom. The predicted octanol–water partition coefficient (Wildman–Crippen LogP) is 1.17. The molecule has 0 saturated carbocycles. The van der Waals surface area contributed by atoms with Crippen LogP contribution in [-0.4, -0.2) is 31.0 Å².